The molecule has 1 amide bonds. The normalized spacial score (nSPS) is 18.7. The Morgan fingerprint density at radius 3 is 2.34 bits per heavy atom. The number of methoxy groups -OCH3 is 1. The first-order valence-electron chi connectivity index (χ1n) is 8.73. The summed E-state index contributed by atoms with van der Waals surface area (Å²) >= 11 is 0. The van der Waals surface area contributed by atoms with Crippen LogP contribution in [0.25, 0.3) is 0 Å². The third kappa shape index (κ3) is 4.86. The predicted octanol–water partition coefficient (Wildman–Crippen LogP) is 2.93. The van der Waals surface area contributed by atoms with Crippen molar-refractivity contribution in [1.29, 1.82) is 0 Å². The van der Waals surface area contributed by atoms with Crippen molar-refractivity contribution in [2.75, 3.05) is 7.11 Å². The summed E-state index contributed by atoms with van der Waals surface area (Å²) in [4.78, 5) is 16.3. The van der Waals surface area contributed by atoms with E-state index in [-0.39, 0.29) is 24.6 Å². The summed E-state index contributed by atoms with van der Waals surface area (Å²) in [5, 5.41) is 15.6. The van der Waals surface area contributed by atoms with Gasteiger partial charge in [-0.25, -0.2) is 0 Å². The SMILES string of the molecule is COc1ccc(CC(=O)NCc2ccc(C3=NOC(O)(C(F)(F)F)C3)cc2)cc1. The number of benzene rings is 2. The predicted molar refractivity (Wildman–Crippen MR) is 98.2 cm³/mol. The van der Waals surface area contributed by atoms with E-state index in [9.17, 15) is 23.1 Å². The van der Waals surface area contributed by atoms with E-state index in [1.807, 2.05) is 0 Å². The van der Waals surface area contributed by atoms with Gasteiger partial charge in [0.25, 0.3) is 0 Å². The second kappa shape index (κ2) is 8.12. The molecule has 29 heavy (non-hydrogen) atoms. The Kier molecular flexibility index (Phi) is 5.78. The van der Waals surface area contributed by atoms with Gasteiger partial charge in [0.05, 0.1) is 25.7 Å². The lowest BCUT2D eigenvalue weighted by Crippen LogP contribution is -2.45. The highest BCUT2D eigenvalue weighted by Gasteiger charge is 2.60. The van der Waals surface area contributed by atoms with E-state index in [1.54, 1.807) is 55.6 Å². The Morgan fingerprint density at radius 1 is 1.17 bits per heavy atom. The zero-order chi connectivity index (χ0) is 21.1. The maximum Gasteiger partial charge on any atom is 0.458 e. The molecule has 0 radical (unpaired) electrons. The summed E-state index contributed by atoms with van der Waals surface area (Å²) in [5.41, 5.74) is 2.01. The van der Waals surface area contributed by atoms with Gasteiger partial charge in [-0.05, 0) is 28.8 Å². The second-order valence-corrected chi connectivity index (χ2v) is 6.59. The summed E-state index contributed by atoms with van der Waals surface area (Å²) in [7, 11) is 1.57. The monoisotopic (exact) mass is 408 g/mol. The van der Waals surface area contributed by atoms with Gasteiger partial charge in [-0.3, -0.25) is 4.79 Å². The van der Waals surface area contributed by atoms with Crippen molar-refractivity contribution in [1.82, 2.24) is 5.32 Å². The van der Waals surface area contributed by atoms with Crippen LogP contribution in [0.15, 0.2) is 53.7 Å². The number of carbonyl (C=O) groups excluding carboxylic acids is 1. The number of nitrogens with zero attached hydrogens (tertiary/aromatic N) is 1. The van der Waals surface area contributed by atoms with E-state index in [4.69, 9.17) is 4.74 Å². The number of aliphatic hydroxyl groups is 1. The zero-order valence-corrected chi connectivity index (χ0v) is 15.5. The molecule has 1 heterocycles. The van der Waals surface area contributed by atoms with Gasteiger partial charge in [-0.15, -0.1) is 0 Å². The molecule has 0 spiro atoms. The van der Waals surface area contributed by atoms with Crippen LogP contribution in [-0.4, -0.2) is 35.8 Å². The molecular formula is C20H19F3N2O4. The van der Waals surface area contributed by atoms with Gasteiger partial charge >= 0.3 is 12.0 Å². The molecule has 0 fully saturated rings. The minimum absolute atomic E-state index is 0.0000775. The largest absolute Gasteiger partial charge is 0.497 e. The van der Waals surface area contributed by atoms with Gasteiger partial charge in [0.1, 0.15) is 5.75 Å². The van der Waals surface area contributed by atoms with Gasteiger partial charge in [0.15, 0.2) is 0 Å². The maximum atomic E-state index is 12.8. The third-order valence-electron chi connectivity index (χ3n) is 4.46. The molecule has 154 valence electrons. The van der Waals surface area contributed by atoms with Crippen LogP contribution in [-0.2, 0) is 22.6 Å². The molecule has 2 aromatic rings. The number of ether oxygens (including phenoxy) is 1. The molecule has 0 aromatic heterocycles. The summed E-state index contributed by atoms with van der Waals surface area (Å²) in [5.74, 6) is -2.75. The first kappa shape index (κ1) is 20.7. The van der Waals surface area contributed by atoms with Crippen LogP contribution in [0.1, 0.15) is 23.1 Å². The number of amides is 1. The van der Waals surface area contributed by atoms with Crippen LogP contribution in [0.3, 0.4) is 0 Å². The first-order chi connectivity index (χ1) is 13.7. The molecule has 1 aliphatic heterocycles. The van der Waals surface area contributed by atoms with Gasteiger partial charge in [0, 0.05) is 6.54 Å². The maximum absolute atomic E-state index is 12.8. The summed E-state index contributed by atoms with van der Waals surface area (Å²) in [6.07, 6.45) is -5.51. The van der Waals surface area contributed by atoms with Crippen molar-refractivity contribution in [3.63, 3.8) is 0 Å². The zero-order valence-electron chi connectivity index (χ0n) is 15.5. The Bertz CT molecular complexity index is 895. The molecule has 9 heteroatoms. The molecule has 2 aromatic carbocycles. The molecule has 1 aliphatic rings. The topological polar surface area (TPSA) is 80.2 Å². The number of nitrogens with one attached hydrogen (secondary N) is 1. The van der Waals surface area contributed by atoms with Crippen molar-refractivity contribution < 1.29 is 32.6 Å². The van der Waals surface area contributed by atoms with Crippen molar-refractivity contribution in [3.8, 4) is 5.75 Å². The van der Waals surface area contributed by atoms with Crippen LogP contribution in [0, 0.1) is 0 Å². The number of oxime groups is 1. The lowest BCUT2D eigenvalue weighted by molar-refractivity contribution is -0.355. The lowest BCUT2D eigenvalue weighted by Gasteiger charge is -2.22. The number of hydrogen-bond donors (Lipinski definition) is 2. The fourth-order valence-electron chi connectivity index (χ4n) is 2.74. The second-order valence-electron chi connectivity index (χ2n) is 6.59. The number of halogens is 3. The molecule has 2 N–H and O–H groups in total. The van der Waals surface area contributed by atoms with Gasteiger partial charge in [-0.1, -0.05) is 41.6 Å². The smallest absolute Gasteiger partial charge is 0.458 e. The quantitative estimate of drug-likeness (QED) is 0.770. The highest BCUT2D eigenvalue weighted by Crippen LogP contribution is 2.38. The van der Waals surface area contributed by atoms with E-state index in [2.05, 4.69) is 15.3 Å². The van der Waals surface area contributed by atoms with Crippen LogP contribution in [0.4, 0.5) is 13.2 Å². The number of hydrogen-bond acceptors (Lipinski definition) is 5. The van der Waals surface area contributed by atoms with Crippen LogP contribution < -0.4 is 10.1 Å². The molecule has 0 saturated carbocycles. The van der Waals surface area contributed by atoms with Gasteiger partial charge in [0.2, 0.25) is 5.91 Å². The summed E-state index contributed by atoms with van der Waals surface area (Å²) in [6.45, 7) is 0.269. The standard InChI is InChI=1S/C20H19F3N2O4/c1-28-16-8-4-13(5-9-16)10-18(26)24-12-14-2-6-15(7-3-14)17-11-19(27,29-25-17)20(21,22)23/h2-9,27H,10-12H2,1H3,(H,24,26). The molecule has 1 atom stereocenters. The van der Waals surface area contributed by atoms with Crippen molar-refractivity contribution in [2.24, 2.45) is 5.16 Å². The Morgan fingerprint density at radius 2 is 1.79 bits per heavy atom. The third-order valence-corrected chi connectivity index (χ3v) is 4.46. The minimum atomic E-state index is -4.94. The fourth-order valence-corrected chi connectivity index (χ4v) is 2.74. The average Bonchev–Trinajstić information content (AvgIpc) is 3.11. The van der Waals surface area contributed by atoms with Crippen LogP contribution >= 0.6 is 0 Å². The van der Waals surface area contributed by atoms with E-state index in [0.717, 1.165) is 11.1 Å². The Labute approximate surface area is 164 Å². The van der Waals surface area contributed by atoms with Crippen LogP contribution in [0.5, 0.6) is 5.75 Å². The van der Waals surface area contributed by atoms with E-state index < -0.39 is 18.4 Å². The Balaban J connectivity index is 1.52. The minimum Gasteiger partial charge on any atom is -0.497 e. The molecule has 0 saturated heterocycles. The molecule has 1 unspecified atom stereocenters. The van der Waals surface area contributed by atoms with Crippen molar-refractivity contribution in [3.05, 3.63) is 65.2 Å². The Hall–Kier alpha value is -3.07. The highest BCUT2D eigenvalue weighted by molar-refractivity contribution is 6.01. The lowest BCUT2D eigenvalue weighted by atomic mass is 10.0. The molecule has 6 nitrogen and oxygen atoms in total. The van der Waals surface area contributed by atoms with Crippen molar-refractivity contribution >= 4 is 11.6 Å². The van der Waals surface area contributed by atoms with E-state index in [0.29, 0.717) is 11.3 Å². The van der Waals surface area contributed by atoms with E-state index >= 15 is 0 Å². The van der Waals surface area contributed by atoms with Gasteiger partial charge in [-0.2, -0.15) is 13.2 Å². The molecule has 3 rings (SSSR count). The fraction of sp³-hybridized carbons (Fsp3) is 0.300. The van der Waals surface area contributed by atoms with Crippen LogP contribution in [0.2, 0.25) is 0 Å². The van der Waals surface area contributed by atoms with E-state index in [1.165, 1.54) is 0 Å². The number of rotatable bonds is 6. The number of carbonyl (C=O) groups is 1. The average molecular weight is 408 g/mol. The van der Waals surface area contributed by atoms with Crippen molar-refractivity contribution in [2.45, 2.75) is 31.3 Å². The highest BCUT2D eigenvalue weighted by atomic mass is 19.4. The summed E-state index contributed by atoms with van der Waals surface area (Å²) < 4.78 is 43.4. The molecular weight excluding hydrogens is 389 g/mol. The molecule has 0 bridgehead atoms. The first-order valence-corrected chi connectivity index (χ1v) is 8.73. The molecule has 0 aliphatic carbocycles. The summed E-state index contributed by atoms with van der Waals surface area (Å²) in [6, 6.07) is 13.6. The van der Waals surface area contributed by atoms with Gasteiger partial charge < -0.3 is 20.0 Å². The number of alkyl halides is 3.